The number of nitrogens with zero attached hydrogens (tertiary/aromatic N) is 1. The van der Waals surface area contributed by atoms with Crippen molar-refractivity contribution >= 4 is 17.3 Å². The summed E-state index contributed by atoms with van der Waals surface area (Å²) in [6, 6.07) is 14.8. The molecule has 0 aliphatic rings. The van der Waals surface area contributed by atoms with E-state index in [0.29, 0.717) is 11.3 Å². The van der Waals surface area contributed by atoms with Crippen molar-refractivity contribution in [1.82, 2.24) is 0 Å². The van der Waals surface area contributed by atoms with Crippen molar-refractivity contribution in [2.45, 2.75) is 5.92 Å². The molecule has 0 spiro atoms. The van der Waals surface area contributed by atoms with Gasteiger partial charge in [0.05, 0.1) is 10.8 Å². The predicted molar refractivity (Wildman–Crippen MR) is 78.4 cm³/mol. The minimum absolute atomic E-state index is 0.00149. The van der Waals surface area contributed by atoms with E-state index in [-0.39, 0.29) is 12.2 Å². The number of hydrogen-bond acceptors (Lipinski definition) is 4. The lowest BCUT2D eigenvalue weighted by atomic mass is 9.99. The number of rotatable bonds is 6. The molecule has 2 aromatic carbocycles. The molecule has 108 valence electrons. The molecule has 0 aliphatic heterocycles. The van der Waals surface area contributed by atoms with Gasteiger partial charge < -0.3 is 10.4 Å². The zero-order valence-electron chi connectivity index (χ0n) is 11.1. The summed E-state index contributed by atoms with van der Waals surface area (Å²) in [5, 5.41) is 22.8. The average Bonchev–Trinajstić information content (AvgIpc) is 2.48. The third-order valence-electron chi connectivity index (χ3n) is 3.09. The van der Waals surface area contributed by atoms with E-state index in [2.05, 4.69) is 5.32 Å². The van der Waals surface area contributed by atoms with Crippen LogP contribution in [-0.4, -0.2) is 22.5 Å². The number of carboxylic acids is 1. The number of aliphatic carboxylic acids is 1. The molecule has 0 fully saturated rings. The maximum atomic E-state index is 11.3. The van der Waals surface area contributed by atoms with Crippen molar-refractivity contribution in [3.05, 3.63) is 70.3 Å². The zero-order chi connectivity index (χ0) is 15.2. The maximum Gasteiger partial charge on any atom is 0.312 e. The fourth-order valence-electron chi connectivity index (χ4n) is 1.95. The molecule has 2 rings (SSSR count). The Bertz CT molecular complexity index is 626. The van der Waals surface area contributed by atoms with Crippen LogP contribution in [0.2, 0.25) is 0 Å². The van der Waals surface area contributed by atoms with Gasteiger partial charge in [-0.1, -0.05) is 30.3 Å². The Morgan fingerprint density at radius 1 is 1.14 bits per heavy atom. The molecular weight excluding hydrogens is 272 g/mol. The van der Waals surface area contributed by atoms with Crippen molar-refractivity contribution in [2.75, 3.05) is 11.9 Å². The van der Waals surface area contributed by atoms with Gasteiger partial charge >= 0.3 is 5.97 Å². The number of carboxylic acid groups (broad SMARTS) is 1. The third-order valence-corrected chi connectivity index (χ3v) is 3.09. The van der Waals surface area contributed by atoms with Crippen LogP contribution < -0.4 is 5.32 Å². The van der Waals surface area contributed by atoms with Gasteiger partial charge in [0.15, 0.2) is 0 Å². The van der Waals surface area contributed by atoms with Gasteiger partial charge in [-0.05, 0) is 17.7 Å². The van der Waals surface area contributed by atoms with Crippen molar-refractivity contribution in [3.8, 4) is 0 Å². The highest BCUT2D eigenvalue weighted by atomic mass is 16.6. The summed E-state index contributed by atoms with van der Waals surface area (Å²) in [5.74, 6) is -1.60. The highest BCUT2D eigenvalue weighted by Gasteiger charge is 2.19. The number of nitro benzene ring substituents is 1. The van der Waals surface area contributed by atoms with Crippen molar-refractivity contribution < 1.29 is 14.8 Å². The van der Waals surface area contributed by atoms with Crippen LogP contribution >= 0.6 is 0 Å². The van der Waals surface area contributed by atoms with Gasteiger partial charge in [0, 0.05) is 24.4 Å². The third kappa shape index (κ3) is 3.79. The molecule has 0 saturated carbocycles. The maximum absolute atomic E-state index is 11.3. The first kappa shape index (κ1) is 14.5. The summed E-state index contributed by atoms with van der Waals surface area (Å²) in [7, 11) is 0. The Morgan fingerprint density at radius 2 is 1.76 bits per heavy atom. The number of nitrogens with one attached hydrogen (secondary N) is 1. The van der Waals surface area contributed by atoms with E-state index in [4.69, 9.17) is 0 Å². The van der Waals surface area contributed by atoms with E-state index in [1.54, 1.807) is 36.4 Å². The summed E-state index contributed by atoms with van der Waals surface area (Å²) < 4.78 is 0. The monoisotopic (exact) mass is 286 g/mol. The Balaban J connectivity index is 2.05. The van der Waals surface area contributed by atoms with Crippen LogP contribution in [0, 0.1) is 10.1 Å². The van der Waals surface area contributed by atoms with Crippen LogP contribution in [0.5, 0.6) is 0 Å². The minimum atomic E-state index is -0.921. The number of hydrogen-bond donors (Lipinski definition) is 2. The molecular formula is C15H14N2O4. The molecule has 0 aliphatic carbocycles. The normalized spacial score (nSPS) is 11.6. The molecule has 1 atom stereocenters. The molecule has 0 bridgehead atoms. The van der Waals surface area contributed by atoms with Crippen LogP contribution in [0.1, 0.15) is 11.5 Å². The van der Waals surface area contributed by atoms with E-state index in [9.17, 15) is 20.0 Å². The fraction of sp³-hybridized carbons (Fsp3) is 0.133. The van der Waals surface area contributed by atoms with Gasteiger partial charge in [0.1, 0.15) is 0 Å². The van der Waals surface area contributed by atoms with E-state index in [0.717, 1.165) is 0 Å². The molecule has 2 N–H and O–H groups in total. The Labute approximate surface area is 121 Å². The number of benzene rings is 2. The molecule has 0 heterocycles. The molecule has 0 aromatic heterocycles. The Kier molecular flexibility index (Phi) is 4.50. The molecule has 0 saturated heterocycles. The van der Waals surface area contributed by atoms with Crippen LogP contribution in [0.4, 0.5) is 11.4 Å². The second-order valence-corrected chi connectivity index (χ2v) is 4.49. The van der Waals surface area contributed by atoms with E-state index >= 15 is 0 Å². The second kappa shape index (κ2) is 6.51. The van der Waals surface area contributed by atoms with Crippen LogP contribution in [0.15, 0.2) is 54.6 Å². The lowest BCUT2D eigenvalue weighted by Crippen LogP contribution is -2.20. The highest BCUT2D eigenvalue weighted by Crippen LogP contribution is 2.19. The summed E-state index contributed by atoms with van der Waals surface area (Å²) in [4.78, 5) is 21.4. The number of carbonyl (C=O) groups is 1. The smallest absolute Gasteiger partial charge is 0.312 e. The van der Waals surface area contributed by atoms with E-state index < -0.39 is 16.8 Å². The van der Waals surface area contributed by atoms with Gasteiger partial charge in [-0.3, -0.25) is 14.9 Å². The largest absolute Gasteiger partial charge is 0.481 e. The molecule has 6 heteroatoms. The summed E-state index contributed by atoms with van der Waals surface area (Å²) in [6.45, 7) is 0.206. The standard InChI is InChI=1S/C15H14N2O4/c18-15(19)14(11-4-2-1-3-5-11)10-16-12-6-8-13(9-7-12)17(20)21/h1-9,14,16H,10H2,(H,18,19). The molecule has 6 nitrogen and oxygen atoms in total. The van der Waals surface area contributed by atoms with Gasteiger partial charge in [0.2, 0.25) is 0 Å². The van der Waals surface area contributed by atoms with Gasteiger partial charge in [-0.15, -0.1) is 0 Å². The summed E-state index contributed by atoms with van der Waals surface area (Å²) in [5.41, 5.74) is 1.35. The zero-order valence-corrected chi connectivity index (χ0v) is 11.1. The first-order valence-electron chi connectivity index (χ1n) is 6.34. The first-order valence-corrected chi connectivity index (χ1v) is 6.34. The molecule has 0 radical (unpaired) electrons. The average molecular weight is 286 g/mol. The van der Waals surface area contributed by atoms with Gasteiger partial charge in [-0.2, -0.15) is 0 Å². The predicted octanol–water partition coefficient (Wildman–Crippen LogP) is 2.88. The SMILES string of the molecule is O=C(O)C(CNc1ccc([N+](=O)[O-])cc1)c1ccccc1. The summed E-state index contributed by atoms with van der Waals surface area (Å²) in [6.07, 6.45) is 0. The van der Waals surface area contributed by atoms with Gasteiger partial charge in [0.25, 0.3) is 5.69 Å². The molecule has 1 unspecified atom stereocenters. The minimum Gasteiger partial charge on any atom is -0.481 e. The quantitative estimate of drug-likeness (QED) is 0.629. The van der Waals surface area contributed by atoms with Crippen LogP contribution in [-0.2, 0) is 4.79 Å². The lowest BCUT2D eigenvalue weighted by molar-refractivity contribution is -0.384. The highest BCUT2D eigenvalue weighted by molar-refractivity contribution is 5.77. The van der Waals surface area contributed by atoms with E-state index in [1.165, 1.54) is 12.1 Å². The van der Waals surface area contributed by atoms with Crippen molar-refractivity contribution in [1.29, 1.82) is 0 Å². The van der Waals surface area contributed by atoms with Crippen LogP contribution in [0.25, 0.3) is 0 Å². The number of nitro groups is 1. The Morgan fingerprint density at radius 3 is 2.29 bits per heavy atom. The topological polar surface area (TPSA) is 92.5 Å². The number of non-ortho nitro benzene ring substituents is 1. The van der Waals surface area contributed by atoms with Crippen molar-refractivity contribution in [2.24, 2.45) is 0 Å². The lowest BCUT2D eigenvalue weighted by Gasteiger charge is -2.14. The second-order valence-electron chi connectivity index (χ2n) is 4.49. The molecule has 2 aromatic rings. The van der Waals surface area contributed by atoms with E-state index in [1.807, 2.05) is 6.07 Å². The fourth-order valence-corrected chi connectivity index (χ4v) is 1.95. The van der Waals surface area contributed by atoms with Gasteiger partial charge in [-0.25, -0.2) is 0 Å². The van der Waals surface area contributed by atoms with Crippen LogP contribution in [0.3, 0.4) is 0 Å². The van der Waals surface area contributed by atoms with Crippen molar-refractivity contribution in [3.63, 3.8) is 0 Å². The first-order chi connectivity index (χ1) is 10.1. The number of anilines is 1. The Hall–Kier alpha value is -2.89. The molecule has 0 amide bonds. The molecule has 21 heavy (non-hydrogen) atoms. The summed E-state index contributed by atoms with van der Waals surface area (Å²) >= 11 is 0.